The van der Waals surface area contributed by atoms with Gasteiger partial charge in [-0.2, -0.15) is 0 Å². The molecule has 0 aliphatic carbocycles. The van der Waals surface area contributed by atoms with Gasteiger partial charge in [-0.3, -0.25) is 4.79 Å². The molecule has 1 amide bonds. The Kier molecular flexibility index (Phi) is 1.77. The molecule has 0 fully saturated rings. The van der Waals surface area contributed by atoms with Gasteiger partial charge in [0.1, 0.15) is 11.5 Å². The largest absolute Gasteiger partial charge is 0.364 e. The van der Waals surface area contributed by atoms with Gasteiger partial charge < -0.3 is 10.3 Å². The molecule has 0 bridgehead atoms. The van der Waals surface area contributed by atoms with Crippen LogP contribution in [-0.2, 0) is 7.05 Å². The highest BCUT2D eigenvalue weighted by atomic mass is 19.1. The van der Waals surface area contributed by atoms with E-state index < -0.39 is 5.91 Å². The van der Waals surface area contributed by atoms with Crippen molar-refractivity contribution >= 4 is 16.8 Å². The van der Waals surface area contributed by atoms with Gasteiger partial charge in [-0.15, -0.1) is 0 Å². The fraction of sp³-hybridized carbons (Fsp3) is 0.100. The second kappa shape index (κ2) is 2.83. The number of amides is 1. The summed E-state index contributed by atoms with van der Waals surface area (Å²) in [6, 6.07) is 6.00. The average molecular weight is 192 g/mol. The number of nitrogens with zero attached hydrogens (tertiary/aromatic N) is 1. The van der Waals surface area contributed by atoms with Gasteiger partial charge in [0.2, 0.25) is 0 Å². The first kappa shape index (κ1) is 8.74. The molecule has 1 aromatic heterocycles. The molecule has 0 aliphatic heterocycles. The minimum absolute atomic E-state index is 0.324. The summed E-state index contributed by atoms with van der Waals surface area (Å²) in [6.45, 7) is 0. The van der Waals surface area contributed by atoms with Gasteiger partial charge in [0, 0.05) is 12.4 Å². The molecule has 3 nitrogen and oxygen atoms in total. The number of fused-ring (bicyclic) bond motifs is 1. The van der Waals surface area contributed by atoms with Gasteiger partial charge >= 0.3 is 0 Å². The molecule has 4 heteroatoms. The molecular weight excluding hydrogens is 183 g/mol. The Hall–Kier alpha value is -1.84. The first-order valence-electron chi connectivity index (χ1n) is 4.14. The predicted octanol–water partition coefficient (Wildman–Crippen LogP) is 1.42. The summed E-state index contributed by atoms with van der Waals surface area (Å²) in [5.74, 6) is -0.834. The van der Waals surface area contributed by atoms with E-state index in [0.717, 1.165) is 5.39 Å². The molecule has 0 atom stereocenters. The summed E-state index contributed by atoms with van der Waals surface area (Å²) in [7, 11) is 1.68. The van der Waals surface area contributed by atoms with Crippen LogP contribution >= 0.6 is 0 Å². The molecule has 1 heterocycles. The average Bonchev–Trinajstić information content (AvgIpc) is 2.44. The zero-order chi connectivity index (χ0) is 10.3. The number of hydrogen-bond acceptors (Lipinski definition) is 1. The van der Waals surface area contributed by atoms with E-state index >= 15 is 0 Å². The van der Waals surface area contributed by atoms with E-state index in [4.69, 9.17) is 5.73 Å². The van der Waals surface area contributed by atoms with Gasteiger partial charge in [0.15, 0.2) is 0 Å². The maximum absolute atomic E-state index is 12.9. The van der Waals surface area contributed by atoms with Crippen LogP contribution in [0.15, 0.2) is 24.3 Å². The van der Waals surface area contributed by atoms with E-state index in [1.54, 1.807) is 23.7 Å². The molecule has 0 radical (unpaired) electrons. The Bertz CT molecular complexity index is 516. The van der Waals surface area contributed by atoms with Crippen LogP contribution in [0.4, 0.5) is 4.39 Å². The third-order valence-electron chi connectivity index (χ3n) is 2.26. The first-order valence-corrected chi connectivity index (χ1v) is 4.14. The summed E-state index contributed by atoms with van der Waals surface area (Å²) in [4.78, 5) is 11.0. The molecule has 0 saturated carbocycles. The van der Waals surface area contributed by atoms with Crippen LogP contribution in [0.2, 0.25) is 0 Å². The van der Waals surface area contributed by atoms with Crippen LogP contribution in [0.25, 0.3) is 10.9 Å². The zero-order valence-electron chi connectivity index (χ0n) is 7.62. The lowest BCUT2D eigenvalue weighted by Crippen LogP contribution is -2.14. The Balaban J connectivity index is 2.80. The van der Waals surface area contributed by atoms with Gasteiger partial charge in [-0.1, -0.05) is 0 Å². The summed E-state index contributed by atoms with van der Waals surface area (Å²) >= 11 is 0. The number of aryl methyl sites for hydroxylation is 1. The minimum atomic E-state index is -0.510. The number of benzene rings is 1. The molecule has 2 N–H and O–H groups in total. The van der Waals surface area contributed by atoms with Crippen molar-refractivity contribution < 1.29 is 9.18 Å². The quantitative estimate of drug-likeness (QED) is 0.729. The summed E-state index contributed by atoms with van der Waals surface area (Å²) in [6.07, 6.45) is 0. The van der Waals surface area contributed by atoms with Gasteiger partial charge in [-0.05, 0) is 24.3 Å². The van der Waals surface area contributed by atoms with Crippen molar-refractivity contribution in [1.82, 2.24) is 4.57 Å². The smallest absolute Gasteiger partial charge is 0.265 e. The third-order valence-corrected chi connectivity index (χ3v) is 2.26. The first-order chi connectivity index (χ1) is 6.59. The summed E-state index contributed by atoms with van der Waals surface area (Å²) in [5.41, 5.74) is 6.21. The maximum atomic E-state index is 12.9. The number of halogens is 1. The van der Waals surface area contributed by atoms with Crippen molar-refractivity contribution in [2.45, 2.75) is 0 Å². The number of nitrogens with two attached hydrogens (primary N) is 1. The van der Waals surface area contributed by atoms with Gasteiger partial charge in [0.05, 0.1) is 5.52 Å². The molecule has 0 saturated heterocycles. The van der Waals surface area contributed by atoms with Crippen LogP contribution in [0.5, 0.6) is 0 Å². The van der Waals surface area contributed by atoms with Crippen molar-refractivity contribution in [2.24, 2.45) is 12.8 Å². The Morgan fingerprint density at radius 1 is 1.43 bits per heavy atom. The topological polar surface area (TPSA) is 48.0 Å². The highest BCUT2D eigenvalue weighted by Crippen LogP contribution is 2.19. The molecule has 2 rings (SSSR count). The Morgan fingerprint density at radius 3 is 2.79 bits per heavy atom. The number of hydrogen-bond donors (Lipinski definition) is 1. The van der Waals surface area contributed by atoms with E-state index in [-0.39, 0.29) is 5.82 Å². The second-order valence-corrected chi connectivity index (χ2v) is 3.16. The summed E-state index contributed by atoms with van der Waals surface area (Å²) in [5, 5.41) is 0.808. The van der Waals surface area contributed by atoms with Crippen molar-refractivity contribution in [3.63, 3.8) is 0 Å². The van der Waals surface area contributed by atoms with Gasteiger partial charge in [0.25, 0.3) is 5.91 Å². The standard InChI is InChI=1S/C10H9FN2O/c1-13-8-5-7(11)3-2-6(8)4-9(13)10(12)14/h2-5H,1H3,(H2,12,14). The normalized spacial score (nSPS) is 10.7. The summed E-state index contributed by atoms with van der Waals surface area (Å²) < 4.78 is 14.5. The molecule has 14 heavy (non-hydrogen) atoms. The van der Waals surface area contributed by atoms with Gasteiger partial charge in [-0.25, -0.2) is 4.39 Å². The number of carbonyl (C=O) groups is 1. The van der Waals surface area contributed by atoms with E-state index in [9.17, 15) is 9.18 Å². The van der Waals surface area contributed by atoms with Crippen LogP contribution < -0.4 is 5.73 Å². The van der Waals surface area contributed by atoms with Crippen LogP contribution in [0, 0.1) is 5.82 Å². The van der Waals surface area contributed by atoms with Crippen LogP contribution in [-0.4, -0.2) is 10.5 Å². The van der Waals surface area contributed by atoms with E-state index in [1.807, 2.05) is 0 Å². The molecule has 0 spiro atoms. The number of aromatic nitrogens is 1. The number of primary amides is 1. The van der Waals surface area contributed by atoms with E-state index in [1.165, 1.54) is 12.1 Å². The van der Waals surface area contributed by atoms with E-state index in [0.29, 0.717) is 11.2 Å². The molecule has 0 unspecified atom stereocenters. The fourth-order valence-electron chi connectivity index (χ4n) is 1.54. The van der Waals surface area contributed by atoms with Crippen LogP contribution in [0.1, 0.15) is 10.5 Å². The third kappa shape index (κ3) is 1.16. The second-order valence-electron chi connectivity index (χ2n) is 3.16. The number of carbonyl (C=O) groups excluding carboxylic acids is 1. The van der Waals surface area contributed by atoms with E-state index in [2.05, 4.69) is 0 Å². The highest BCUT2D eigenvalue weighted by Gasteiger charge is 2.10. The van der Waals surface area contributed by atoms with Crippen molar-refractivity contribution in [2.75, 3.05) is 0 Å². The Labute approximate surface area is 79.9 Å². The highest BCUT2D eigenvalue weighted by molar-refractivity contribution is 5.97. The maximum Gasteiger partial charge on any atom is 0.265 e. The SMILES string of the molecule is Cn1c(C(N)=O)cc2ccc(F)cc21. The lowest BCUT2D eigenvalue weighted by Gasteiger charge is -1.99. The zero-order valence-corrected chi connectivity index (χ0v) is 7.62. The van der Waals surface area contributed by atoms with Crippen molar-refractivity contribution in [3.8, 4) is 0 Å². The number of rotatable bonds is 1. The molecule has 2 aromatic rings. The fourth-order valence-corrected chi connectivity index (χ4v) is 1.54. The monoisotopic (exact) mass is 192 g/mol. The molecule has 72 valence electrons. The van der Waals surface area contributed by atoms with Crippen molar-refractivity contribution in [1.29, 1.82) is 0 Å². The molecule has 1 aromatic carbocycles. The molecular formula is C10H9FN2O. The van der Waals surface area contributed by atoms with Crippen LogP contribution in [0.3, 0.4) is 0 Å². The lowest BCUT2D eigenvalue weighted by atomic mass is 10.2. The minimum Gasteiger partial charge on any atom is -0.364 e. The lowest BCUT2D eigenvalue weighted by molar-refractivity contribution is 0.0993. The predicted molar refractivity (Wildman–Crippen MR) is 51.4 cm³/mol. The Morgan fingerprint density at radius 2 is 2.14 bits per heavy atom. The van der Waals surface area contributed by atoms with Crippen molar-refractivity contribution in [3.05, 3.63) is 35.8 Å². The molecule has 0 aliphatic rings.